The summed E-state index contributed by atoms with van der Waals surface area (Å²) in [5.41, 5.74) is 0.505. The van der Waals surface area contributed by atoms with Gasteiger partial charge < -0.3 is 0 Å². The minimum atomic E-state index is -4.84. The lowest BCUT2D eigenvalue weighted by Crippen LogP contribution is -2.09. The molecule has 1 aromatic rings. The number of oxime groups is 1. The van der Waals surface area contributed by atoms with Crippen molar-refractivity contribution in [3.8, 4) is 0 Å². The first-order valence-corrected chi connectivity index (χ1v) is 6.15. The van der Waals surface area contributed by atoms with E-state index in [1.165, 1.54) is 6.20 Å². The molecule has 0 bridgehead atoms. The van der Waals surface area contributed by atoms with Gasteiger partial charge in [0.2, 0.25) is 0 Å². The quantitative estimate of drug-likeness (QED) is 0.623. The van der Waals surface area contributed by atoms with E-state index in [-0.39, 0.29) is 10.7 Å². The number of aryl methyl sites for hydroxylation is 1. The van der Waals surface area contributed by atoms with Gasteiger partial charge in [-0.3, -0.25) is 14.0 Å². The van der Waals surface area contributed by atoms with Crippen LogP contribution in [0.15, 0.2) is 16.4 Å². The molecular formula is C9H10F3N3O2S. The van der Waals surface area contributed by atoms with Gasteiger partial charge in [-0.2, -0.15) is 0 Å². The van der Waals surface area contributed by atoms with E-state index in [1.54, 1.807) is 13.8 Å². The van der Waals surface area contributed by atoms with Gasteiger partial charge in [0.1, 0.15) is 10.7 Å². The topological polar surface area (TPSA) is 64.4 Å². The first-order valence-electron chi connectivity index (χ1n) is 4.83. The van der Waals surface area contributed by atoms with Crippen LogP contribution in [0.1, 0.15) is 18.3 Å². The minimum Gasteiger partial charge on any atom is -0.294 e. The summed E-state index contributed by atoms with van der Waals surface area (Å²) in [5, 5.41) is 2.95. The van der Waals surface area contributed by atoms with Gasteiger partial charge >= 0.3 is 6.36 Å². The van der Waals surface area contributed by atoms with Crippen LogP contribution in [0.3, 0.4) is 0 Å². The van der Waals surface area contributed by atoms with Crippen molar-refractivity contribution >= 4 is 17.0 Å². The molecule has 0 aliphatic heterocycles. The van der Waals surface area contributed by atoms with Crippen LogP contribution in [-0.2, 0) is 15.6 Å². The fourth-order valence-corrected chi connectivity index (χ4v) is 1.86. The van der Waals surface area contributed by atoms with Gasteiger partial charge in [0, 0.05) is 5.75 Å². The summed E-state index contributed by atoms with van der Waals surface area (Å²) in [6.07, 6.45) is -2.87. The molecule has 1 heterocycles. The molecule has 1 rings (SSSR count). The molecule has 0 aliphatic rings. The third-order valence-corrected chi connectivity index (χ3v) is 3.09. The molecule has 9 heteroatoms. The van der Waals surface area contributed by atoms with Crippen molar-refractivity contribution < 1.29 is 22.2 Å². The Morgan fingerprint density at radius 2 is 2.22 bits per heavy atom. The molecule has 0 saturated carbocycles. The van der Waals surface area contributed by atoms with Crippen LogP contribution in [0, 0.1) is 6.92 Å². The van der Waals surface area contributed by atoms with Crippen molar-refractivity contribution in [3.05, 3.63) is 17.6 Å². The normalized spacial score (nSPS) is 13.8. The highest BCUT2D eigenvalue weighted by molar-refractivity contribution is 7.84. The SMILES string of the molecule is CCS(=O)c1nc(/C=N/OC(F)(F)F)cnc1C. The highest BCUT2D eigenvalue weighted by Gasteiger charge is 2.30. The van der Waals surface area contributed by atoms with Gasteiger partial charge in [-0.15, -0.1) is 13.2 Å². The summed E-state index contributed by atoms with van der Waals surface area (Å²) in [6.45, 7) is 3.31. The van der Waals surface area contributed by atoms with Crippen LogP contribution in [0.4, 0.5) is 13.2 Å². The average molecular weight is 281 g/mol. The molecule has 0 fully saturated rings. The lowest BCUT2D eigenvalue weighted by molar-refractivity contribution is -0.325. The second-order valence-corrected chi connectivity index (χ2v) is 4.75. The zero-order valence-corrected chi connectivity index (χ0v) is 10.4. The van der Waals surface area contributed by atoms with Gasteiger partial charge in [-0.05, 0) is 6.92 Å². The van der Waals surface area contributed by atoms with Gasteiger partial charge in [0.15, 0.2) is 0 Å². The van der Waals surface area contributed by atoms with E-state index >= 15 is 0 Å². The highest BCUT2D eigenvalue weighted by atomic mass is 32.2. The van der Waals surface area contributed by atoms with Crippen LogP contribution in [0.2, 0.25) is 0 Å². The third kappa shape index (κ3) is 4.40. The zero-order valence-electron chi connectivity index (χ0n) is 9.56. The Morgan fingerprint density at radius 1 is 1.56 bits per heavy atom. The summed E-state index contributed by atoms with van der Waals surface area (Å²) in [7, 11) is -1.33. The van der Waals surface area contributed by atoms with Crippen molar-refractivity contribution in [1.82, 2.24) is 9.97 Å². The summed E-state index contributed by atoms with van der Waals surface area (Å²) in [6, 6.07) is 0. The summed E-state index contributed by atoms with van der Waals surface area (Å²) in [4.78, 5) is 11.0. The fourth-order valence-electron chi connectivity index (χ4n) is 1.000. The van der Waals surface area contributed by atoms with E-state index in [0.717, 1.165) is 6.21 Å². The summed E-state index contributed by atoms with van der Waals surface area (Å²) >= 11 is 0. The molecule has 0 amide bonds. The molecular weight excluding hydrogens is 271 g/mol. The lowest BCUT2D eigenvalue weighted by Gasteiger charge is -2.03. The third-order valence-electron chi connectivity index (χ3n) is 1.75. The maximum absolute atomic E-state index is 11.7. The number of nitrogens with zero attached hydrogens (tertiary/aromatic N) is 3. The van der Waals surface area contributed by atoms with Crippen molar-refractivity contribution in [1.29, 1.82) is 0 Å². The van der Waals surface area contributed by atoms with Crippen LogP contribution in [-0.4, -0.2) is 32.5 Å². The number of hydrogen-bond donors (Lipinski definition) is 0. The first kappa shape index (κ1) is 14.6. The Kier molecular flexibility index (Phi) is 4.76. The highest BCUT2D eigenvalue weighted by Crippen LogP contribution is 2.16. The number of rotatable bonds is 4. The van der Waals surface area contributed by atoms with Gasteiger partial charge in [0.05, 0.1) is 28.9 Å². The van der Waals surface area contributed by atoms with Crippen molar-refractivity contribution in [2.75, 3.05) is 5.75 Å². The zero-order chi connectivity index (χ0) is 13.8. The Labute approximate surface area is 104 Å². The predicted octanol–water partition coefficient (Wildman–Crippen LogP) is 1.78. The molecule has 1 aromatic heterocycles. The standard InChI is InChI=1S/C9H10F3N3O2S/c1-3-18(16)8-6(2)13-4-7(15-8)5-14-17-9(10,11)12/h4-5H,3H2,1-2H3/b14-5+. The van der Waals surface area contributed by atoms with Crippen molar-refractivity contribution in [2.45, 2.75) is 25.2 Å². The Balaban J connectivity index is 2.89. The minimum absolute atomic E-state index is 0.0432. The molecule has 1 atom stereocenters. The Hall–Kier alpha value is -1.51. The molecule has 0 aromatic carbocycles. The van der Waals surface area contributed by atoms with Gasteiger partial charge in [0.25, 0.3) is 0 Å². The maximum atomic E-state index is 11.7. The molecule has 1 unspecified atom stereocenters. The molecule has 18 heavy (non-hydrogen) atoms. The van der Waals surface area contributed by atoms with Crippen LogP contribution < -0.4 is 0 Å². The molecule has 0 saturated heterocycles. The number of halogens is 3. The van der Waals surface area contributed by atoms with Gasteiger partial charge in [-0.1, -0.05) is 12.1 Å². The molecule has 0 N–H and O–H groups in total. The molecule has 5 nitrogen and oxygen atoms in total. The van der Waals surface area contributed by atoms with Crippen molar-refractivity contribution in [2.24, 2.45) is 5.16 Å². The van der Waals surface area contributed by atoms with E-state index in [1.807, 2.05) is 0 Å². The van der Waals surface area contributed by atoms with Gasteiger partial charge in [-0.25, -0.2) is 4.98 Å². The molecule has 100 valence electrons. The largest absolute Gasteiger partial charge is 0.593 e. The van der Waals surface area contributed by atoms with Crippen LogP contribution in [0.25, 0.3) is 0 Å². The lowest BCUT2D eigenvalue weighted by atomic mass is 10.4. The van der Waals surface area contributed by atoms with E-state index in [2.05, 4.69) is 20.0 Å². The van der Waals surface area contributed by atoms with E-state index in [0.29, 0.717) is 11.4 Å². The molecule has 0 spiro atoms. The average Bonchev–Trinajstić information content (AvgIpc) is 2.28. The monoisotopic (exact) mass is 281 g/mol. The van der Waals surface area contributed by atoms with E-state index in [9.17, 15) is 17.4 Å². The number of aromatic nitrogens is 2. The van der Waals surface area contributed by atoms with Crippen LogP contribution in [0.5, 0.6) is 0 Å². The number of alkyl halides is 3. The summed E-state index contributed by atoms with van der Waals surface area (Å²) < 4.78 is 46.6. The molecule has 0 aliphatic carbocycles. The second kappa shape index (κ2) is 5.89. The van der Waals surface area contributed by atoms with E-state index < -0.39 is 17.2 Å². The fraction of sp³-hybridized carbons (Fsp3) is 0.444. The smallest absolute Gasteiger partial charge is 0.294 e. The molecule has 0 radical (unpaired) electrons. The van der Waals surface area contributed by atoms with E-state index in [4.69, 9.17) is 0 Å². The predicted molar refractivity (Wildman–Crippen MR) is 58.5 cm³/mol. The Morgan fingerprint density at radius 3 is 2.78 bits per heavy atom. The maximum Gasteiger partial charge on any atom is 0.593 e. The Bertz CT molecular complexity index is 477. The van der Waals surface area contributed by atoms with Crippen LogP contribution >= 0.6 is 0 Å². The number of hydrogen-bond acceptors (Lipinski definition) is 5. The van der Waals surface area contributed by atoms with Crippen molar-refractivity contribution in [3.63, 3.8) is 0 Å². The second-order valence-electron chi connectivity index (χ2n) is 3.09. The summed E-state index contributed by atoms with van der Waals surface area (Å²) in [5.74, 6) is 0.342. The first-order chi connectivity index (χ1) is 8.33.